The van der Waals surface area contributed by atoms with Crippen molar-refractivity contribution in [2.75, 3.05) is 11.9 Å². The number of aliphatic imine (C=N–C) groups is 1. The van der Waals surface area contributed by atoms with Crippen molar-refractivity contribution >= 4 is 41.5 Å². The van der Waals surface area contributed by atoms with Crippen LogP contribution in [0.15, 0.2) is 53.5 Å². The minimum absolute atomic E-state index is 0. The van der Waals surface area contributed by atoms with Gasteiger partial charge in [-0.2, -0.15) is 0 Å². The van der Waals surface area contributed by atoms with Crippen LogP contribution in [-0.2, 0) is 11.3 Å². The number of fused-ring (bicyclic) bond motifs is 1. The number of rotatable bonds is 5. The van der Waals surface area contributed by atoms with Crippen molar-refractivity contribution < 1.29 is 9.53 Å². The normalized spacial score (nSPS) is 18.5. The zero-order chi connectivity index (χ0) is 19.3. The fourth-order valence-electron chi connectivity index (χ4n) is 3.55. The largest absolute Gasteiger partial charge is 0.493 e. The first-order valence-electron chi connectivity index (χ1n) is 9.87. The predicted octanol–water partition coefficient (Wildman–Crippen LogP) is 3.97. The Morgan fingerprint density at radius 3 is 2.76 bits per heavy atom. The molecule has 2 aromatic rings. The second-order valence-electron chi connectivity index (χ2n) is 7.39. The average Bonchev–Trinajstić information content (AvgIpc) is 2.66. The third-order valence-corrected chi connectivity index (χ3v) is 5.38. The molecule has 1 saturated carbocycles. The Bertz CT molecular complexity index is 883. The zero-order valence-corrected chi connectivity index (χ0v) is 18.6. The number of para-hydroxylation sites is 1. The monoisotopic (exact) mass is 506 g/mol. The van der Waals surface area contributed by atoms with E-state index in [4.69, 9.17) is 10.5 Å². The number of amides is 1. The molecule has 1 heterocycles. The molecule has 1 aliphatic carbocycles. The highest BCUT2D eigenvalue weighted by Gasteiger charge is 2.25. The summed E-state index contributed by atoms with van der Waals surface area (Å²) in [5, 5.41) is 6.30. The first-order valence-corrected chi connectivity index (χ1v) is 9.87. The van der Waals surface area contributed by atoms with Crippen molar-refractivity contribution in [3.05, 3.63) is 59.7 Å². The Morgan fingerprint density at radius 2 is 1.97 bits per heavy atom. The first-order chi connectivity index (χ1) is 13.7. The molecule has 4 N–H and O–H groups in total. The molecule has 1 amide bonds. The third-order valence-electron chi connectivity index (χ3n) is 5.38. The van der Waals surface area contributed by atoms with Gasteiger partial charge in [-0.25, -0.2) is 4.99 Å². The maximum Gasteiger partial charge on any atom is 0.227 e. The molecule has 1 unspecified atom stereocenters. The molecular weight excluding hydrogens is 479 g/mol. The Morgan fingerprint density at radius 1 is 1.14 bits per heavy atom. The SMILES string of the molecule is I.NC(=NCc1cccc(NC(=O)C2CCC2)c1)NC1CCOc2ccccc21. The lowest BCUT2D eigenvalue weighted by Crippen LogP contribution is -2.37. The van der Waals surface area contributed by atoms with Gasteiger partial charge in [-0.05, 0) is 36.6 Å². The van der Waals surface area contributed by atoms with Crippen LogP contribution in [0.2, 0.25) is 0 Å². The molecule has 1 aliphatic heterocycles. The molecule has 1 fully saturated rings. The fourth-order valence-corrected chi connectivity index (χ4v) is 3.55. The quantitative estimate of drug-likeness (QED) is 0.325. The van der Waals surface area contributed by atoms with Crippen LogP contribution in [0.3, 0.4) is 0 Å². The van der Waals surface area contributed by atoms with Gasteiger partial charge in [-0.1, -0.05) is 36.8 Å². The van der Waals surface area contributed by atoms with Gasteiger partial charge in [-0.3, -0.25) is 4.79 Å². The Balaban J connectivity index is 0.00000240. The van der Waals surface area contributed by atoms with Gasteiger partial charge >= 0.3 is 0 Å². The van der Waals surface area contributed by atoms with E-state index >= 15 is 0 Å². The molecule has 0 spiro atoms. The maximum atomic E-state index is 12.1. The van der Waals surface area contributed by atoms with Gasteiger partial charge in [0.2, 0.25) is 5.91 Å². The Hall–Kier alpha value is -2.29. The van der Waals surface area contributed by atoms with Gasteiger partial charge in [0.05, 0.1) is 19.2 Å². The van der Waals surface area contributed by atoms with Gasteiger partial charge in [0.15, 0.2) is 5.96 Å². The van der Waals surface area contributed by atoms with Crippen molar-refractivity contribution in [2.45, 2.75) is 38.3 Å². The third kappa shape index (κ3) is 5.41. The number of nitrogens with two attached hydrogens (primary N) is 1. The number of benzene rings is 2. The Labute approximate surface area is 188 Å². The van der Waals surface area contributed by atoms with E-state index in [-0.39, 0.29) is 41.8 Å². The zero-order valence-electron chi connectivity index (χ0n) is 16.3. The lowest BCUT2D eigenvalue weighted by Gasteiger charge is -2.26. The highest BCUT2D eigenvalue weighted by molar-refractivity contribution is 14.0. The number of halogens is 1. The van der Waals surface area contributed by atoms with Crippen molar-refractivity contribution in [3.8, 4) is 5.75 Å². The number of ether oxygens (including phenoxy) is 1. The van der Waals surface area contributed by atoms with Crippen molar-refractivity contribution in [2.24, 2.45) is 16.6 Å². The van der Waals surface area contributed by atoms with Gasteiger partial charge in [0, 0.05) is 23.6 Å². The molecule has 2 aromatic carbocycles. The van der Waals surface area contributed by atoms with Crippen LogP contribution >= 0.6 is 24.0 Å². The van der Waals surface area contributed by atoms with Gasteiger partial charge < -0.3 is 21.1 Å². The van der Waals surface area contributed by atoms with Crippen LogP contribution in [0.1, 0.15) is 42.9 Å². The number of nitrogens with zero attached hydrogens (tertiary/aromatic N) is 1. The van der Waals surface area contributed by atoms with Gasteiger partial charge in [0.25, 0.3) is 0 Å². The number of guanidine groups is 1. The molecule has 154 valence electrons. The Kier molecular flexibility index (Phi) is 7.35. The van der Waals surface area contributed by atoms with Crippen molar-refractivity contribution in [3.63, 3.8) is 0 Å². The first kappa shape index (κ1) is 21.4. The molecule has 0 saturated heterocycles. The number of carbonyl (C=O) groups excluding carboxylic acids is 1. The van der Waals surface area contributed by atoms with E-state index in [0.29, 0.717) is 19.1 Å². The molecule has 0 radical (unpaired) electrons. The standard InChI is InChI=1S/C22H26N4O2.HI/c23-22(26-19-11-12-28-20-10-2-1-9-18(19)20)24-14-15-5-3-8-17(13-15)25-21(27)16-6-4-7-16;/h1-3,5,8-10,13,16,19H,4,6-7,11-12,14H2,(H,25,27)(H3,23,24,26);1H. The van der Waals surface area contributed by atoms with Crippen LogP contribution in [0.5, 0.6) is 5.75 Å². The molecule has 1 atom stereocenters. The second-order valence-corrected chi connectivity index (χ2v) is 7.39. The van der Waals surface area contributed by atoms with E-state index in [1.165, 1.54) is 0 Å². The number of carbonyl (C=O) groups is 1. The van der Waals surface area contributed by atoms with E-state index in [9.17, 15) is 4.79 Å². The maximum absolute atomic E-state index is 12.1. The summed E-state index contributed by atoms with van der Waals surface area (Å²) in [5.41, 5.74) is 9.04. The van der Waals surface area contributed by atoms with Gasteiger partial charge in [0.1, 0.15) is 5.75 Å². The van der Waals surface area contributed by atoms with E-state index < -0.39 is 0 Å². The molecule has 2 aliphatic rings. The summed E-state index contributed by atoms with van der Waals surface area (Å²) in [6.45, 7) is 1.11. The predicted molar refractivity (Wildman–Crippen MR) is 126 cm³/mol. The summed E-state index contributed by atoms with van der Waals surface area (Å²) in [4.78, 5) is 16.6. The van der Waals surface area contributed by atoms with Crippen LogP contribution < -0.4 is 21.1 Å². The lowest BCUT2D eigenvalue weighted by atomic mass is 9.85. The molecule has 0 bridgehead atoms. The number of nitrogens with one attached hydrogen (secondary N) is 2. The molecule has 0 aromatic heterocycles. The summed E-state index contributed by atoms with van der Waals surface area (Å²) in [6.07, 6.45) is 3.98. The summed E-state index contributed by atoms with van der Waals surface area (Å²) in [5.74, 6) is 1.59. The van der Waals surface area contributed by atoms with E-state index in [1.54, 1.807) is 0 Å². The number of hydrogen-bond donors (Lipinski definition) is 3. The number of hydrogen-bond acceptors (Lipinski definition) is 3. The summed E-state index contributed by atoms with van der Waals surface area (Å²) in [6, 6.07) is 15.9. The minimum Gasteiger partial charge on any atom is -0.493 e. The molecular formula is C22H27IN4O2. The number of anilines is 1. The lowest BCUT2D eigenvalue weighted by molar-refractivity contribution is -0.122. The van der Waals surface area contributed by atoms with Gasteiger partial charge in [-0.15, -0.1) is 24.0 Å². The summed E-state index contributed by atoms with van der Waals surface area (Å²) in [7, 11) is 0. The van der Waals surface area contributed by atoms with Crippen molar-refractivity contribution in [1.82, 2.24) is 5.32 Å². The smallest absolute Gasteiger partial charge is 0.227 e. The van der Waals surface area contributed by atoms with Crippen LogP contribution in [0, 0.1) is 5.92 Å². The summed E-state index contributed by atoms with van der Waals surface area (Å²) < 4.78 is 5.68. The second kappa shape index (κ2) is 9.96. The molecule has 6 nitrogen and oxygen atoms in total. The van der Waals surface area contributed by atoms with Crippen molar-refractivity contribution in [1.29, 1.82) is 0 Å². The molecule has 4 rings (SSSR count). The average molecular weight is 506 g/mol. The minimum atomic E-state index is 0. The fraction of sp³-hybridized carbons (Fsp3) is 0.364. The highest BCUT2D eigenvalue weighted by Crippen LogP contribution is 2.31. The van der Waals surface area contributed by atoms with E-state index in [0.717, 1.165) is 48.2 Å². The summed E-state index contributed by atoms with van der Waals surface area (Å²) >= 11 is 0. The van der Waals surface area contributed by atoms with Crippen LogP contribution in [0.25, 0.3) is 0 Å². The van der Waals surface area contributed by atoms with E-state index in [2.05, 4.69) is 15.6 Å². The van der Waals surface area contributed by atoms with E-state index in [1.807, 2.05) is 48.5 Å². The van der Waals surface area contributed by atoms with Crippen LogP contribution in [-0.4, -0.2) is 18.5 Å². The van der Waals surface area contributed by atoms with Crippen LogP contribution in [0.4, 0.5) is 5.69 Å². The topological polar surface area (TPSA) is 88.7 Å². The molecule has 29 heavy (non-hydrogen) atoms. The molecule has 7 heteroatoms. The highest BCUT2D eigenvalue weighted by atomic mass is 127.